The van der Waals surface area contributed by atoms with Crippen LogP contribution < -0.4 is 5.32 Å². The summed E-state index contributed by atoms with van der Waals surface area (Å²) in [6.45, 7) is 3.22. The molecule has 1 saturated heterocycles. The third-order valence-corrected chi connectivity index (χ3v) is 7.59. The predicted octanol–water partition coefficient (Wildman–Crippen LogP) is 4.89. The maximum atomic E-state index is 12.5. The molecule has 3 heterocycles. The lowest BCUT2D eigenvalue weighted by Gasteiger charge is -2.14. The fraction of sp³-hybridized carbons (Fsp3) is 0.212. The van der Waals surface area contributed by atoms with E-state index in [1.165, 1.54) is 30.6 Å². The number of hydrogen-bond donors (Lipinski definition) is 3. The number of hydrogen-bond acceptors (Lipinski definition) is 6. The number of fused-ring (bicyclic) bond motifs is 1. The molecule has 0 aliphatic carbocycles. The number of carbonyl (C=O) groups is 3. The van der Waals surface area contributed by atoms with E-state index in [9.17, 15) is 19.5 Å². The zero-order valence-electron chi connectivity index (χ0n) is 23.0. The second-order valence-electron chi connectivity index (χ2n) is 10.5. The Labute approximate surface area is 243 Å². The molecule has 2 aliphatic rings. The van der Waals surface area contributed by atoms with E-state index in [0.29, 0.717) is 22.5 Å². The maximum absolute atomic E-state index is 12.5. The number of imide groups is 1. The summed E-state index contributed by atoms with van der Waals surface area (Å²) in [5.74, 6) is -1.20. The minimum Gasteiger partial charge on any atom is -0.494 e. The van der Waals surface area contributed by atoms with Crippen LogP contribution in [0.25, 0.3) is 10.9 Å². The summed E-state index contributed by atoms with van der Waals surface area (Å²) in [4.78, 5) is 47.5. The summed E-state index contributed by atoms with van der Waals surface area (Å²) >= 11 is 0. The Balaban J connectivity index is 1.25. The van der Waals surface area contributed by atoms with Gasteiger partial charge in [-0.1, -0.05) is 42.5 Å². The topological polar surface area (TPSA) is 118 Å². The molecule has 0 unspecified atom stereocenters. The zero-order chi connectivity index (χ0) is 29.1. The van der Waals surface area contributed by atoms with Gasteiger partial charge in [0.1, 0.15) is 0 Å². The van der Waals surface area contributed by atoms with Crippen molar-refractivity contribution in [3.63, 3.8) is 0 Å². The minimum absolute atomic E-state index is 0.00230. The van der Waals surface area contributed by atoms with E-state index < -0.39 is 11.8 Å². The van der Waals surface area contributed by atoms with Gasteiger partial charge in [-0.3, -0.25) is 24.2 Å². The highest BCUT2D eigenvalue weighted by Gasteiger charge is 2.24. The number of aromatic nitrogens is 1. The fourth-order valence-corrected chi connectivity index (χ4v) is 5.45. The highest BCUT2D eigenvalue weighted by molar-refractivity contribution is 6.22. The summed E-state index contributed by atoms with van der Waals surface area (Å²) in [6.07, 6.45) is 4.87. The highest BCUT2D eigenvalue weighted by Crippen LogP contribution is 2.33. The smallest absolute Gasteiger partial charge is 0.253 e. The van der Waals surface area contributed by atoms with Crippen LogP contribution in [-0.4, -0.2) is 63.0 Å². The van der Waals surface area contributed by atoms with Gasteiger partial charge in [0.25, 0.3) is 11.8 Å². The van der Waals surface area contributed by atoms with Gasteiger partial charge in [-0.2, -0.15) is 0 Å². The van der Waals surface area contributed by atoms with Crippen LogP contribution in [-0.2, 0) is 20.9 Å². The van der Waals surface area contributed by atoms with Crippen LogP contribution in [0.15, 0.2) is 89.9 Å². The van der Waals surface area contributed by atoms with Gasteiger partial charge < -0.3 is 15.4 Å². The van der Waals surface area contributed by atoms with Crippen molar-refractivity contribution in [3.8, 4) is 5.88 Å². The van der Waals surface area contributed by atoms with Crippen LogP contribution >= 0.6 is 0 Å². The van der Waals surface area contributed by atoms with Crippen molar-refractivity contribution in [2.24, 2.45) is 4.99 Å². The lowest BCUT2D eigenvalue weighted by molar-refractivity contribution is -0.137. The fourth-order valence-electron chi connectivity index (χ4n) is 5.45. The van der Waals surface area contributed by atoms with Gasteiger partial charge >= 0.3 is 0 Å². The van der Waals surface area contributed by atoms with E-state index in [2.05, 4.69) is 27.3 Å². The molecule has 2 aliphatic heterocycles. The Hall–Kier alpha value is -5.02. The lowest BCUT2D eigenvalue weighted by Crippen LogP contribution is -2.33. The molecule has 9 heteroatoms. The molecule has 4 aromatic rings. The van der Waals surface area contributed by atoms with Crippen molar-refractivity contribution in [2.75, 3.05) is 25.0 Å². The van der Waals surface area contributed by atoms with Crippen molar-refractivity contribution in [1.82, 2.24) is 14.8 Å². The summed E-state index contributed by atoms with van der Waals surface area (Å²) in [7, 11) is 0. The largest absolute Gasteiger partial charge is 0.494 e. The maximum Gasteiger partial charge on any atom is 0.253 e. The third kappa shape index (κ3) is 5.87. The van der Waals surface area contributed by atoms with Crippen molar-refractivity contribution in [2.45, 2.75) is 25.8 Å². The second kappa shape index (κ2) is 11.8. The molecular formula is C33H31N5O4. The van der Waals surface area contributed by atoms with Crippen LogP contribution in [0.2, 0.25) is 0 Å². The van der Waals surface area contributed by atoms with Crippen molar-refractivity contribution in [1.29, 1.82) is 0 Å². The van der Waals surface area contributed by atoms with Crippen molar-refractivity contribution < 1.29 is 19.5 Å². The molecule has 0 spiro atoms. The quantitative estimate of drug-likeness (QED) is 0.199. The molecule has 1 fully saturated rings. The van der Waals surface area contributed by atoms with Crippen LogP contribution in [0.3, 0.4) is 0 Å². The normalized spacial score (nSPS) is 15.7. The number of benzene rings is 3. The molecule has 1 aromatic heterocycles. The molecule has 42 heavy (non-hydrogen) atoms. The summed E-state index contributed by atoms with van der Waals surface area (Å²) < 4.78 is 0. The van der Waals surface area contributed by atoms with Crippen molar-refractivity contribution in [3.05, 3.63) is 102 Å². The van der Waals surface area contributed by atoms with E-state index in [4.69, 9.17) is 4.99 Å². The summed E-state index contributed by atoms with van der Waals surface area (Å²) in [6, 6.07) is 23.3. The number of anilines is 1. The number of amides is 3. The molecule has 212 valence electrons. The molecule has 0 atom stereocenters. The minimum atomic E-state index is -0.419. The van der Waals surface area contributed by atoms with Crippen molar-refractivity contribution >= 4 is 45.7 Å². The number of aromatic hydroxyl groups is 1. The van der Waals surface area contributed by atoms with E-state index in [1.807, 2.05) is 48.5 Å². The highest BCUT2D eigenvalue weighted by atomic mass is 16.3. The lowest BCUT2D eigenvalue weighted by atomic mass is 10.0. The first-order valence-electron chi connectivity index (χ1n) is 14.1. The van der Waals surface area contributed by atoms with Gasteiger partial charge in [0.15, 0.2) is 5.88 Å². The average Bonchev–Trinajstić information content (AvgIpc) is 3.71. The molecule has 3 N–H and O–H groups in total. The number of aliphatic imine (C=N–C) groups is 1. The van der Waals surface area contributed by atoms with Crippen LogP contribution in [0.4, 0.5) is 11.4 Å². The monoisotopic (exact) mass is 561 g/mol. The molecule has 9 nitrogen and oxygen atoms in total. The predicted molar refractivity (Wildman–Crippen MR) is 162 cm³/mol. The summed E-state index contributed by atoms with van der Waals surface area (Å²) in [5.41, 5.74) is 5.21. The van der Waals surface area contributed by atoms with Crippen LogP contribution in [0, 0.1) is 0 Å². The van der Waals surface area contributed by atoms with E-state index >= 15 is 0 Å². The van der Waals surface area contributed by atoms with Gasteiger partial charge in [-0.15, -0.1) is 0 Å². The van der Waals surface area contributed by atoms with Crippen LogP contribution in [0.5, 0.6) is 5.88 Å². The first kappa shape index (κ1) is 27.2. The molecule has 3 amide bonds. The molecule has 3 aromatic carbocycles. The first-order chi connectivity index (χ1) is 20.4. The van der Waals surface area contributed by atoms with E-state index in [-0.39, 0.29) is 24.8 Å². The zero-order valence-corrected chi connectivity index (χ0v) is 23.0. The van der Waals surface area contributed by atoms with Gasteiger partial charge in [0.05, 0.1) is 22.5 Å². The number of nitrogens with one attached hydrogen (secondary N) is 2. The molecule has 0 bridgehead atoms. The molecule has 6 rings (SSSR count). The third-order valence-electron chi connectivity index (χ3n) is 7.59. The second-order valence-corrected chi connectivity index (χ2v) is 10.5. The number of nitrogens with zero attached hydrogens (tertiary/aromatic N) is 3. The Morgan fingerprint density at radius 2 is 1.64 bits per heavy atom. The number of carbonyl (C=O) groups excluding carboxylic acids is 3. The Morgan fingerprint density at radius 1 is 0.929 bits per heavy atom. The Bertz CT molecular complexity index is 1680. The van der Waals surface area contributed by atoms with Gasteiger partial charge in [-0.05, 0) is 61.8 Å². The van der Waals surface area contributed by atoms with Gasteiger partial charge in [0.2, 0.25) is 5.91 Å². The van der Waals surface area contributed by atoms with Gasteiger partial charge in [0, 0.05) is 48.3 Å². The Kier molecular flexibility index (Phi) is 7.66. The van der Waals surface area contributed by atoms with E-state index in [0.717, 1.165) is 41.2 Å². The van der Waals surface area contributed by atoms with E-state index in [1.54, 1.807) is 12.1 Å². The number of aromatic amines is 1. The number of H-pyrrole nitrogens is 1. The van der Waals surface area contributed by atoms with Gasteiger partial charge in [-0.25, -0.2) is 4.99 Å². The SMILES string of the molecule is O=C(CCN1C(=O)C=CC1=O)Nc1ccc2c(C(=Nc3ccc(CN4CCCC4)cc3)c3ccccc3)c(O)[nH]c2c1. The molecular weight excluding hydrogens is 530 g/mol. The molecule has 0 saturated carbocycles. The summed E-state index contributed by atoms with van der Waals surface area (Å²) in [5, 5.41) is 14.6. The standard InChI is InChI=1S/C33H31N5O4/c39-28(16-19-38-29(40)14-15-30(38)41)34-25-12-13-26-27(20-25)36-33(42)31(26)32(23-6-2-1-3-7-23)35-24-10-8-22(9-11-24)21-37-17-4-5-18-37/h1-3,6-15,20,36,42H,4-5,16-19,21H2,(H,34,39). The number of rotatable bonds is 9. The first-order valence-corrected chi connectivity index (χ1v) is 14.1. The molecule has 0 radical (unpaired) electrons. The number of likely N-dealkylation sites (tertiary alicyclic amines) is 1. The Morgan fingerprint density at radius 3 is 2.36 bits per heavy atom. The average molecular weight is 562 g/mol. The van der Waals surface area contributed by atoms with Crippen LogP contribution in [0.1, 0.15) is 36.0 Å².